The van der Waals surface area contributed by atoms with Crippen LogP contribution in [0.1, 0.15) is 16.7 Å². The summed E-state index contributed by atoms with van der Waals surface area (Å²) < 4.78 is 40.0. The molecule has 4 nitrogen and oxygen atoms in total. The van der Waals surface area contributed by atoms with Gasteiger partial charge in [0.25, 0.3) is 0 Å². The molecule has 0 aliphatic rings. The monoisotopic (exact) mass is 332 g/mol. The number of rotatable bonds is 5. The maximum atomic E-state index is 12.7. The van der Waals surface area contributed by atoms with E-state index >= 15 is 0 Å². The molecule has 3 rings (SSSR count). The van der Waals surface area contributed by atoms with Gasteiger partial charge in [0.15, 0.2) is 0 Å². The number of anilines is 1. The molecular weight excluding hydrogens is 317 g/mol. The summed E-state index contributed by atoms with van der Waals surface area (Å²) in [6.45, 7) is 1.13. The van der Waals surface area contributed by atoms with Crippen LogP contribution >= 0.6 is 0 Å². The first-order chi connectivity index (χ1) is 11.5. The lowest BCUT2D eigenvalue weighted by Gasteiger charge is -2.10. The molecule has 0 fully saturated rings. The van der Waals surface area contributed by atoms with E-state index in [4.69, 9.17) is 0 Å². The number of halogens is 3. The van der Waals surface area contributed by atoms with E-state index in [0.29, 0.717) is 6.54 Å². The molecule has 124 valence electrons. The summed E-state index contributed by atoms with van der Waals surface area (Å²) >= 11 is 0. The lowest BCUT2D eigenvalue weighted by Crippen LogP contribution is -2.07. The first kappa shape index (κ1) is 16.0. The molecule has 0 aliphatic carbocycles. The molecule has 0 amide bonds. The molecule has 24 heavy (non-hydrogen) atoms. The molecule has 0 radical (unpaired) electrons. The van der Waals surface area contributed by atoms with Crippen molar-refractivity contribution in [2.75, 3.05) is 5.32 Å². The van der Waals surface area contributed by atoms with E-state index in [9.17, 15) is 13.2 Å². The first-order valence-corrected chi connectivity index (χ1v) is 7.31. The predicted octanol–water partition coefficient (Wildman–Crippen LogP) is 3.96. The number of aromatic nitrogens is 3. The van der Waals surface area contributed by atoms with Crippen LogP contribution in [0.5, 0.6) is 0 Å². The minimum atomic E-state index is -4.37. The van der Waals surface area contributed by atoms with E-state index in [0.717, 1.165) is 36.0 Å². The van der Waals surface area contributed by atoms with Crippen molar-refractivity contribution in [2.24, 2.45) is 0 Å². The van der Waals surface area contributed by atoms with Crippen molar-refractivity contribution < 1.29 is 13.2 Å². The van der Waals surface area contributed by atoms with Gasteiger partial charge < -0.3 is 9.88 Å². The number of nitrogens with one attached hydrogen (secondary N) is 1. The quantitative estimate of drug-likeness (QED) is 0.769. The number of imidazole rings is 1. The van der Waals surface area contributed by atoms with Crippen molar-refractivity contribution >= 4 is 5.82 Å². The van der Waals surface area contributed by atoms with Gasteiger partial charge >= 0.3 is 6.18 Å². The number of hydrogen-bond donors (Lipinski definition) is 1. The zero-order chi connectivity index (χ0) is 17.0. The third kappa shape index (κ3) is 4.13. The fourth-order valence-corrected chi connectivity index (χ4v) is 2.25. The lowest BCUT2D eigenvalue weighted by atomic mass is 10.1. The molecule has 0 spiro atoms. The molecule has 7 heteroatoms. The summed E-state index contributed by atoms with van der Waals surface area (Å²) in [5.41, 5.74) is 1.37. The van der Waals surface area contributed by atoms with Crippen LogP contribution in [0.4, 0.5) is 19.0 Å². The SMILES string of the molecule is FC(F)(F)c1ccnc(NCc2ccc(Cn3ccnc3)cc2)c1. The summed E-state index contributed by atoms with van der Waals surface area (Å²) in [7, 11) is 0. The zero-order valence-corrected chi connectivity index (χ0v) is 12.7. The highest BCUT2D eigenvalue weighted by atomic mass is 19.4. The molecule has 0 atom stereocenters. The minimum absolute atomic E-state index is 0.201. The van der Waals surface area contributed by atoms with E-state index in [1.807, 2.05) is 35.0 Å². The normalized spacial score (nSPS) is 11.5. The first-order valence-electron chi connectivity index (χ1n) is 7.31. The zero-order valence-electron chi connectivity index (χ0n) is 12.7. The number of hydrogen-bond acceptors (Lipinski definition) is 3. The van der Waals surface area contributed by atoms with Crippen molar-refractivity contribution in [3.8, 4) is 0 Å². The van der Waals surface area contributed by atoms with Crippen LogP contribution in [0.25, 0.3) is 0 Å². The van der Waals surface area contributed by atoms with Gasteiger partial charge in [-0.15, -0.1) is 0 Å². The van der Waals surface area contributed by atoms with E-state index < -0.39 is 11.7 Å². The Hall–Kier alpha value is -2.83. The van der Waals surface area contributed by atoms with E-state index in [-0.39, 0.29) is 5.82 Å². The van der Waals surface area contributed by atoms with Crippen molar-refractivity contribution in [2.45, 2.75) is 19.3 Å². The largest absolute Gasteiger partial charge is 0.416 e. The summed E-state index contributed by atoms with van der Waals surface area (Å²) in [4.78, 5) is 7.90. The van der Waals surface area contributed by atoms with Gasteiger partial charge in [-0.2, -0.15) is 13.2 Å². The molecule has 0 saturated heterocycles. The minimum Gasteiger partial charge on any atom is -0.366 e. The highest BCUT2D eigenvalue weighted by Crippen LogP contribution is 2.29. The van der Waals surface area contributed by atoms with E-state index in [2.05, 4.69) is 15.3 Å². The number of benzene rings is 1. The van der Waals surface area contributed by atoms with Crippen molar-refractivity contribution in [1.82, 2.24) is 14.5 Å². The molecule has 0 aliphatic heterocycles. The van der Waals surface area contributed by atoms with Crippen molar-refractivity contribution in [1.29, 1.82) is 0 Å². The lowest BCUT2D eigenvalue weighted by molar-refractivity contribution is -0.137. The molecule has 3 aromatic rings. The van der Waals surface area contributed by atoms with E-state index in [1.165, 1.54) is 0 Å². The Labute approximate surface area is 137 Å². The third-order valence-electron chi connectivity index (χ3n) is 3.51. The third-order valence-corrected chi connectivity index (χ3v) is 3.51. The summed E-state index contributed by atoms with van der Waals surface area (Å²) in [6, 6.07) is 9.80. The van der Waals surface area contributed by atoms with Gasteiger partial charge in [-0.1, -0.05) is 24.3 Å². The predicted molar refractivity (Wildman–Crippen MR) is 84.3 cm³/mol. The van der Waals surface area contributed by atoms with E-state index in [1.54, 1.807) is 12.5 Å². The molecule has 0 bridgehead atoms. The fraction of sp³-hybridized carbons (Fsp3) is 0.176. The Kier molecular flexibility index (Phi) is 4.50. The average Bonchev–Trinajstić information content (AvgIpc) is 3.07. The summed E-state index contributed by atoms with van der Waals surface area (Å²) in [6.07, 6.45) is 2.14. The van der Waals surface area contributed by atoms with Gasteiger partial charge in [-0.25, -0.2) is 9.97 Å². The average molecular weight is 332 g/mol. The Balaban J connectivity index is 1.61. The molecule has 2 aromatic heterocycles. The van der Waals surface area contributed by atoms with Crippen molar-refractivity contribution in [3.63, 3.8) is 0 Å². The van der Waals surface area contributed by atoms with Gasteiger partial charge in [0, 0.05) is 31.7 Å². The second-order valence-corrected chi connectivity index (χ2v) is 5.33. The summed E-state index contributed by atoms with van der Waals surface area (Å²) in [5, 5.41) is 2.91. The van der Waals surface area contributed by atoms with Crippen LogP contribution in [0.2, 0.25) is 0 Å². The van der Waals surface area contributed by atoms with Crippen LogP contribution < -0.4 is 5.32 Å². The number of alkyl halides is 3. The molecular formula is C17H15F3N4. The van der Waals surface area contributed by atoms with Crippen molar-refractivity contribution in [3.05, 3.63) is 78.0 Å². The number of pyridine rings is 1. The standard InChI is InChI=1S/C17H15F3N4/c18-17(19,20)15-5-6-22-16(9-15)23-10-13-1-3-14(4-2-13)11-24-8-7-21-12-24/h1-9,12H,10-11H2,(H,22,23). The fourth-order valence-electron chi connectivity index (χ4n) is 2.25. The smallest absolute Gasteiger partial charge is 0.366 e. The van der Waals surface area contributed by atoms with Gasteiger partial charge in [0.05, 0.1) is 11.9 Å². The molecule has 0 unspecified atom stereocenters. The number of nitrogens with zero attached hydrogens (tertiary/aromatic N) is 3. The topological polar surface area (TPSA) is 42.7 Å². The highest BCUT2D eigenvalue weighted by molar-refractivity contribution is 5.39. The maximum Gasteiger partial charge on any atom is 0.416 e. The Morgan fingerprint density at radius 3 is 2.42 bits per heavy atom. The Morgan fingerprint density at radius 2 is 1.75 bits per heavy atom. The summed E-state index contributed by atoms with van der Waals surface area (Å²) in [5.74, 6) is 0.201. The van der Waals surface area contributed by atoms with Gasteiger partial charge in [0.1, 0.15) is 5.82 Å². The van der Waals surface area contributed by atoms with Crippen LogP contribution in [-0.4, -0.2) is 14.5 Å². The van der Waals surface area contributed by atoms with Gasteiger partial charge in [-0.3, -0.25) is 0 Å². The maximum absolute atomic E-state index is 12.7. The molecule has 1 N–H and O–H groups in total. The van der Waals surface area contributed by atoms with Gasteiger partial charge in [0.2, 0.25) is 0 Å². The van der Waals surface area contributed by atoms with Crippen LogP contribution in [0.3, 0.4) is 0 Å². The second-order valence-electron chi connectivity index (χ2n) is 5.33. The Bertz CT molecular complexity index is 780. The van der Waals surface area contributed by atoms with Crippen LogP contribution in [-0.2, 0) is 19.3 Å². The van der Waals surface area contributed by atoms with Gasteiger partial charge in [-0.05, 0) is 23.3 Å². The van der Waals surface area contributed by atoms with Crippen LogP contribution in [0, 0.1) is 0 Å². The molecule has 0 saturated carbocycles. The molecule has 1 aromatic carbocycles. The second kappa shape index (κ2) is 6.74. The Morgan fingerprint density at radius 1 is 1.00 bits per heavy atom. The molecule has 2 heterocycles. The van der Waals surface area contributed by atoms with Crippen LogP contribution in [0.15, 0.2) is 61.3 Å². The highest BCUT2D eigenvalue weighted by Gasteiger charge is 2.30.